The van der Waals surface area contributed by atoms with Crippen LogP contribution in [0.4, 0.5) is 0 Å². The van der Waals surface area contributed by atoms with E-state index in [1.807, 2.05) is 0 Å². The molecule has 3 unspecified atom stereocenters. The van der Waals surface area contributed by atoms with Crippen LogP contribution in [0.1, 0.15) is 46.5 Å². The molecule has 0 aromatic carbocycles. The second kappa shape index (κ2) is 5.25. The largest absolute Gasteiger partial charge is 0.395 e. The minimum absolute atomic E-state index is 0.187. The number of aliphatic hydroxyl groups is 1. The Morgan fingerprint density at radius 3 is 2.76 bits per heavy atom. The highest BCUT2D eigenvalue weighted by Crippen LogP contribution is 2.30. The van der Waals surface area contributed by atoms with Crippen LogP contribution in [-0.2, 0) is 0 Å². The third kappa shape index (κ3) is 3.21. The Morgan fingerprint density at radius 2 is 2.12 bits per heavy atom. The van der Waals surface area contributed by atoms with E-state index < -0.39 is 0 Å². The van der Waals surface area contributed by atoms with Crippen LogP contribution in [-0.4, -0.2) is 47.3 Å². The molecule has 2 rings (SSSR count). The first-order chi connectivity index (χ1) is 8.02. The molecular weight excluding hydrogens is 212 g/mol. The average Bonchev–Trinajstić information content (AvgIpc) is 2.28. The zero-order valence-corrected chi connectivity index (χ0v) is 11.6. The molecule has 1 saturated heterocycles. The predicted octanol–water partition coefficient (Wildman–Crippen LogP) is 1.61. The van der Waals surface area contributed by atoms with Gasteiger partial charge in [-0.3, -0.25) is 4.90 Å². The van der Waals surface area contributed by atoms with E-state index in [1.165, 1.54) is 25.7 Å². The smallest absolute Gasteiger partial charge is 0.0599 e. The van der Waals surface area contributed by atoms with Crippen LogP contribution < -0.4 is 5.32 Å². The zero-order valence-electron chi connectivity index (χ0n) is 11.6. The van der Waals surface area contributed by atoms with Crippen molar-refractivity contribution in [3.05, 3.63) is 0 Å². The molecule has 1 heterocycles. The lowest BCUT2D eigenvalue weighted by Crippen LogP contribution is -2.65. The van der Waals surface area contributed by atoms with Gasteiger partial charge in [0.25, 0.3) is 0 Å². The van der Waals surface area contributed by atoms with E-state index in [-0.39, 0.29) is 12.1 Å². The Balaban J connectivity index is 2.04. The van der Waals surface area contributed by atoms with E-state index in [9.17, 15) is 5.11 Å². The SMILES string of the molecule is CC1CCCC(N2CC(C)(C)NCC2CO)C1. The van der Waals surface area contributed by atoms with Crippen molar-refractivity contribution in [2.45, 2.75) is 64.1 Å². The van der Waals surface area contributed by atoms with Gasteiger partial charge in [0.2, 0.25) is 0 Å². The first-order valence-electron chi connectivity index (χ1n) is 7.13. The second-order valence-electron chi connectivity index (χ2n) is 6.70. The molecule has 100 valence electrons. The summed E-state index contributed by atoms with van der Waals surface area (Å²) in [6, 6.07) is 1.01. The summed E-state index contributed by atoms with van der Waals surface area (Å²) in [5, 5.41) is 13.1. The van der Waals surface area contributed by atoms with E-state index in [2.05, 4.69) is 31.0 Å². The second-order valence-corrected chi connectivity index (χ2v) is 6.70. The third-order valence-corrected chi connectivity index (χ3v) is 4.45. The van der Waals surface area contributed by atoms with Crippen LogP contribution in [0.5, 0.6) is 0 Å². The summed E-state index contributed by atoms with van der Waals surface area (Å²) in [6.07, 6.45) is 5.37. The lowest BCUT2D eigenvalue weighted by atomic mass is 9.84. The zero-order chi connectivity index (χ0) is 12.5. The lowest BCUT2D eigenvalue weighted by Gasteiger charge is -2.49. The van der Waals surface area contributed by atoms with Gasteiger partial charge in [-0.15, -0.1) is 0 Å². The standard InChI is InChI=1S/C14H28N2O/c1-11-5-4-6-12(7-11)16-10-14(2,3)15-8-13(16)9-17/h11-13,15,17H,4-10H2,1-3H3. The molecule has 1 saturated carbocycles. The number of aliphatic hydroxyl groups excluding tert-OH is 1. The summed E-state index contributed by atoms with van der Waals surface area (Å²) in [4.78, 5) is 2.58. The molecule has 0 amide bonds. The van der Waals surface area contributed by atoms with Gasteiger partial charge in [-0.2, -0.15) is 0 Å². The van der Waals surface area contributed by atoms with Crippen molar-refractivity contribution >= 4 is 0 Å². The Kier molecular flexibility index (Phi) is 4.11. The van der Waals surface area contributed by atoms with Crippen molar-refractivity contribution in [2.24, 2.45) is 5.92 Å². The van der Waals surface area contributed by atoms with Gasteiger partial charge < -0.3 is 10.4 Å². The monoisotopic (exact) mass is 240 g/mol. The first kappa shape index (κ1) is 13.3. The van der Waals surface area contributed by atoms with E-state index >= 15 is 0 Å². The van der Waals surface area contributed by atoms with Crippen LogP contribution in [0, 0.1) is 5.92 Å². The topological polar surface area (TPSA) is 35.5 Å². The molecule has 3 heteroatoms. The number of nitrogens with one attached hydrogen (secondary N) is 1. The Labute approximate surface area is 106 Å². The Hall–Kier alpha value is -0.120. The maximum Gasteiger partial charge on any atom is 0.0599 e. The Bertz CT molecular complexity index is 255. The van der Waals surface area contributed by atoms with Gasteiger partial charge in [0.05, 0.1) is 6.61 Å². The van der Waals surface area contributed by atoms with Crippen molar-refractivity contribution in [1.82, 2.24) is 10.2 Å². The fraction of sp³-hybridized carbons (Fsp3) is 1.00. The van der Waals surface area contributed by atoms with Gasteiger partial charge in [0.15, 0.2) is 0 Å². The van der Waals surface area contributed by atoms with E-state index in [0.717, 1.165) is 19.0 Å². The van der Waals surface area contributed by atoms with Gasteiger partial charge in [0, 0.05) is 30.7 Å². The normalized spacial score (nSPS) is 39.2. The van der Waals surface area contributed by atoms with E-state index in [1.54, 1.807) is 0 Å². The highest BCUT2D eigenvalue weighted by Gasteiger charge is 2.37. The van der Waals surface area contributed by atoms with E-state index in [4.69, 9.17) is 0 Å². The number of hydrogen-bond acceptors (Lipinski definition) is 3. The summed E-state index contributed by atoms with van der Waals surface area (Å²) in [6.45, 7) is 9.17. The molecule has 17 heavy (non-hydrogen) atoms. The molecule has 2 aliphatic rings. The van der Waals surface area contributed by atoms with E-state index in [0.29, 0.717) is 12.1 Å². The highest BCUT2D eigenvalue weighted by atomic mass is 16.3. The van der Waals surface area contributed by atoms with Gasteiger partial charge in [0.1, 0.15) is 0 Å². The lowest BCUT2D eigenvalue weighted by molar-refractivity contribution is 0.00547. The molecule has 2 N–H and O–H groups in total. The fourth-order valence-corrected chi connectivity index (χ4v) is 3.45. The van der Waals surface area contributed by atoms with Crippen molar-refractivity contribution < 1.29 is 5.11 Å². The van der Waals surface area contributed by atoms with Gasteiger partial charge in [-0.25, -0.2) is 0 Å². The minimum atomic E-state index is 0.187. The minimum Gasteiger partial charge on any atom is -0.395 e. The average molecular weight is 240 g/mol. The molecule has 3 nitrogen and oxygen atoms in total. The summed E-state index contributed by atoms with van der Waals surface area (Å²) in [7, 11) is 0. The molecule has 1 aliphatic carbocycles. The molecule has 0 aromatic rings. The summed E-state index contributed by atoms with van der Waals surface area (Å²) >= 11 is 0. The molecule has 0 bridgehead atoms. The molecule has 1 aliphatic heterocycles. The Morgan fingerprint density at radius 1 is 1.35 bits per heavy atom. The maximum atomic E-state index is 9.55. The van der Waals surface area contributed by atoms with Crippen LogP contribution in [0.15, 0.2) is 0 Å². The van der Waals surface area contributed by atoms with Gasteiger partial charge >= 0.3 is 0 Å². The number of piperazine rings is 1. The maximum absolute atomic E-state index is 9.55. The van der Waals surface area contributed by atoms with Crippen LogP contribution >= 0.6 is 0 Å². The quantitative estimate of drug-likeness (QED) is 0.770. The van der Waals surface area contributed by atoms with Crippen molar-refractivity contribution in [1.29, 1.82) is 0 Å². The highest BCUT2D eigenvalue weighted by molar-refractivity contribution is 4.95. The predicted molar refractivity (Wildman–Crippen MR) is 71.1 cm³/mol. The summed E-state index contributed by atoms with van der Waals surface area (Å²) in [5.41, 5.74) is 0.187. The molecule has 2 fully saturated rings. The number of rotatable bonds is 2. The van der Waals surface area contributed by atoms with Crippen LogP contribution in [0.25, 0.3) is 0 Å². The van der Waals surface area contributed by atoms with Gasteiger partial charge in [-0.1, -0.05) is 19.8 Å². The van der Waals surface area contributed by atoms with Crippen LogP contribution in [0.3, 0.4) is 0 Å². The van der Waals surface area contributed by atoms with Gasteiger partial charge in [-0.05, 0) is 32.6 Å². The molecular formula is C14H28N2O. The van der Waals surface area contributed by atoms with Crippen molar-refractivity contribution in [3.63, 3.8) is 0 Å². The number of nitrogens with zero attached hydrogens (tertiary/aromatic N) is 1. The van der Waals surface area contributed by atoms with Crippen molar-refractivity contribution in [2.75, 3.05) is 19.7 Å². The molecule has 0 aromatic heterocycles. The first-order valence-corrected chi connectivity index (χ1v) is 7.13. The van der Waals surface area contributed by atoms with Crippen molar-refractivity contribution in [3.8, 4) is 0 Å². The third-order valence-electron chi connectivity index (χ3n) is 4.45. The number of hydrogen-bond donors (Lipinski definition) is 2. The molecule has 0 radical (unpaired) electrons. The molecule has 3 atom stereocenters. The summed E-state index contributed by atoms with van der Waals surface area (Å²) in [5.74, 6) is 0.853. The summed E-state index contributed by atoms with van der Waals surface area (Å²) < 4.78 is 0. The van der Waals surface area contributed by atoms with Crippen LogP contribution in [0.2, 0.25) is 0 Å². The fourth-order valence-electron chi connectivity index (χ4n) is 3.45. The molecule has 0 spiro atoms.